The van der Waals surface area contributed by atoms with Crippen LogP contribution in [0.15, 0.2) is 108 Å². The quantitative estimate of drug-likeness (QED) is 0.0344. The molecule has 15 heteroatoms. The predicted octanol–water partition coefficient (Wildman–Crippen LogP) is 7.79. The Morgan fingerprint density at radius 2 is 1.52 bits per heavy atom. The number of carbonyl (C=O) groups is 2. The lowest BCUT2D eigenvalue weighted by atomic mass is 9.87. The molecule has 14 nitrogen and oxygen atoms in total. The number of carbonyl (C=O) groups excluding carboxylic acids is 2. The number of aromatic amines is 1. The molecule has 0 spiro atoms. The molecule has 1 amide bonds. The number of piperidine rings is 1. The lowest BCUT2D eigenvalue weighted by Gasteiger charge is -2.37. The van der Waals surface area contributed by atoms with Crippen LogP contribution in [0.3, 0.4) is 0 Å². The number of aromatic nitrogens is 5. The Morgan fingerprint density at radius 1 is 0.790 bits per heavy atom. The number of hydrogen-bond acceptors (Lipinski definition) is 13. The molecule has 7 rings (SSSR count). The molecule has 0 radical (unpaired) electrons. The zero-order valence-electron chi connectivity index (χ0n) is 35.0. The van der Waals surface area contributed by atoms with Crippen LogP contribution in [0.2, 0.25) is 0 Å². The SMILES string of the molecule is C[C@@H](NC(=O)c1cccc(NC2(c3nc(-c4ccncc4)n[nH]3)CCNCC2)c1)c1cccc(OCCCCCOCCCOCCOc2cccc(C(=O)c3cscn3)c2)c1. The van der Waals surface area contributed by atoms with E-state index < -0.39 is 5.54 Å². The summed E-state index contributed by atoms with van der Waals surface area (Å²) in [6.45, 7) is 6.99. The van der Waals surface area contributed by atoms with E-state index in [0.29, 0.717) is 68.0 Å². The fraction of sp³-hybridized carbons (Fsp3) is 0.362. The van der Waals surface area contributed by atoms with Crippen LogP contribution >= 0.6 is 11.3 Å². The summed E-state index contributed by atoms with van der Waals surface area (Å²) in [5.74, 6) is 2.52. The molecule has 62 heavy (non-hydrogen) atoms. The van der Waals surface area contributed by atoms with Crippen molar-refractivity contribution in [2.75, 3.05) is 58.0 Å². The molecule has 6 aromatic rings. The van der Waals surface area contributed by atoms with Crippen LogP contribution in [0.1, 0.15) is 89.3 Å². The van der Waals surface area contributed by atoms with Crippen LogP contribution in [-0.4, -0.2) is 89.6 Å². The van der Waals surface area contributed by atoms with Crippen molar-refractivity contribution in [3.8, 4) is 22.9 Å². The molecule has 4 N–H and O–H groups in total. The van der Waals surface area contributed by atoms with E-state index in [1.807, 2.05) is 73.7 Å². The predicted molar refractivity (Wildman–Crippen MR) is 239 cm³/mol. The highest BCUT2D eigenvalue weighted by atomic mass is 32.1. The van der Waals surface area contributed by atoms with Crippen LogP contribution in [-0.2, 0) is 15.0 Å². The van der Waals surface area contributed by atoms with Crippen molar-refractivity contribution in [3.63, 3.8) is 0 Å². The Morgan fingerprint density at radius 3 is 2.34 bits per heavy atom. The maximum absolute atomic E-state index is 13.5. The maximum atomic E-state index is 13.5. The Bertz CT molecular complexity index is 2300. The van der Waals surface area contributed by atoms with Gasteiger partial charge in [0.15, 0.2) is 11.6 Å². The van der Waals surface area contributed by atoms with Crippen LogP contribution in [0.5, 0.6) is 11.5 Å². The lowest BCUT2D eigenvalue weighted by molar-refractivity contribution is 0.0669. The van der Waals surface area contributed by atoms with Gasteiger partial charge in [0, 0.05) is 60.0 Å². The number of benzene rings is 3. The first-order valence-corrected chi connectivity index (χ1v) is 22.2. The number of nitrogens with zero attached hydrogens (tertiary/aromatic N) is 4. The van der Waals surface area contributed by atoms with Gasteiger partial charge in [-0.05, 0) is 119 Å². The van der Waals surface area contributed by atoms with Crippen molar-refractivity contribution in [2.24, 2.45) is 0 Å². The van der Waals surface area contributed by atoms with Gasteiger partial charge >= 0.3 is 0 Å². The van der Waals surface area contributed by atoms with Gasteiger partial charge in [0.05, 0.1) is 30.3 Å². The first-order valence-electron chi connectivity index (χ1n) is 21.2. The van der Waals surface area contributed by atoms with E-state index >= 15 is 0 Å². The monoisotopic (exact) mass is 858 g/mol. The summed E-state index contributed by atoms with van der Waals surface area (Å²) in [7, 11) is 0. The number of ketones is 1. The summed E-state index contributed by atoms with van der Waals surface area (Å²) in [5, 5.41) is 19.8. The van der Waals surface area contributed by atoms with Crippen molar-refractivity contribution in [1.82, 2.24) is 35.8 Å². The summed E-state index contributed by atoms with van der Waals surface area (Å²) < 4.78 is 23.3. The van der Waals surface area contributed by atoms with Gasteiger partial charge in [0.2, 0.25) is 5.78 Å². The Balaban J connectivity index is 0.762. The molecule has 0 unspecified atom stereocenters. The number of rotatable bonds is 24. The molecule has 1 saturated heterocycles. The number of nitrogens with one attached hydrogen (secondary N) is 4. The average Bonchev–Trinajstić information content (AvgIpc) is 4.05. The number of hydrogen-bond donors (Lipinski definition) is 4. The number of pyridine rings is 1. The smallest absolute Gasteiger partial charge is 0.251 e. The van der Waals surface area contributed by atoms with Crippen LogP contribution in [0, 0.1) is 0 Å². The van der Waals surface area contributed by atoms with Crippen molar-refractivity contribution in [2.45, 2.75) is 57.0 Å². The highest BCUT2D eigenvalue weighted by molar-refractivity contribution is 7.07. The maximum Gasteiger partial charge on any atom is 0.251 e. The van der Waals surface area contributed by atoms with E-state index in [4.69, 9.17) is 23.9 Å². The lowest BCUT2D eigenvalue weighted by Crippen LogP contribution is -2.46. The summed E-state index contributed by atoms with van der Waals surface area (Å²) in [6, 6.07) is 26.2. The second-order valence-electron chi connectivity index (χ2n) is 15.1. The molecule has 0 saturated carbocycles. The van der Waals surface area contributed by atoms with E-state index in [2.05, 4.69) is 36.1 Å². The van der Waals surface area contributed by atoms with E-state index in [-0.39, 0.29) is 17.7 Å². The Kier molecular flexibility index (Phi) is 16.2. The number of H-pyrrole nitrogens is 1. The molecule has 1 aliphatic rings. The molecule has 0 aliphatic carbocycles. The van der Waals surface area contributed by atoms with Gasteiger partial charge in [-0.3, -0.25) is 19.7 Å². The first-order chi connectivity index (χ1) is 30.5. The summed E-state index contributed by atoms with van der Waals surface area (Å²) in [5.41, 5.74) is 5.43. The largest absolute Gasteiger partial charge is 0.494 e. The third kappa shape index (κ3) is 12.5. The molecule has 0 bridgehead atoms. The fourth-order valence-electron chi connectivity index (χ4n) is 7.19. The van der Waals surface area contributed by atoms with Gasteiger partial charge in [0.25, 0.3) is 5.91 Å². The van der Waals surface area contributed by atoms with E-state index in [1.54, 1.807) is 41.5 Å². The molecule has 324 valence electrons. The summed E-state index contributed by atoms with van der Waals surface area (Å²) >= 11 is 1.39. The van der Waals surface area contributed by atoms with Gasteiger partial charge in [0.1, 0.15) is 23.8 Å². The Labute approximate surface area is 366 Å². The fourth-order valence-corrected chi connectivity index (χ4v) is 7.72. The minimum atomic E-state index is -0.474. The molecule has 3 aromatic carbocycles. The molecular weight excluding hydrogens is 805 g/mol. The van der Waals surface area contributed by atoms with E-state index in [9.17, 15) is 9.59 Å². The molecule has 1 atom stereocenters. The second-order valence-corrected chi connectivity index (χ2v) is 15.8. The highest BCUT2D eigenvalue weighted by Gasteiger charge is 2.37. The zero-order chi connectivity index (χ0) is 42.8. The number of amides is 1. The normalized spacial score (nSPS) is 13.9. The summed E-state index contributed by atoms with van der Waals surface area (Å²) in [6.07, 6.45) is 8.72. The minimum absolute atomic E-state index is 0.116. The van der Waals surface area contributed by atoms with Crippen LogP contribution in [0.25, 0.3) is 11.4 Å². The highest BCUT2D eigenvalue weighted by Crippen LogP contribution is 2.34. The summed E-state index contributed by atoms with van der Waals surface area (Å²) in [4.78, 5) is 39.1. The van der Waals surface area contributed by atoms with Crippen LogP contribution in [0.4, 0.5) is 5.69 Å². The molecule has 1 aliphatic heterocycles. The molecule has 4 heterocycles. The van der Waals surface area contributed by atoms with Crippen molar-refractivity contribution >= 4 is 28.7 Å². The van der Waals surface area contributed by atoms with Crippen LogP contribution < -0.4 is 25.4 Å². The topological polar surface area (TPSA) is 174 Å². The number of anilines is 1. The Hall–Kier alpha value is -6.00. The first kappa shape index (κ1) is 44.1. The van der Waals surface area contributed by atoms with E-state index in [0.717, 1.165) is 80.0 Å². The van der Waals surface area contributed by atoms with Crippen molar-refractivity contribution < 1.29 is 28.5 Å². The molecule has 1 fully saturated rings. The van der Waals surface area contributed by atoms with Crippen molar-refractivity contribution in [1.29, 1.82) is 0 Å². The van der Waals surface area contributed by atoms with Gasteiger partial charge in [-0.15, -0.1) is 11.3 Å². The third-order valence-electron chi connectivity index (χ3n) is 10.6. The molecule has 3 aromatic heterocycles. The molecular formula is C47H54N8O6S. The van der Waals surface area contributed by atoms with Gasteiger partial charge in [-0.25, -0.2) is 9.97 Å². The van der Waals surface area contributed by atoms with Gasteiger partial charge < -0.3 is 34.9 Å². The number of thiazole rings is 1. The number of ether oxygens (including phenoxy) is 4. The standard InChI is InChI=1S/C47H54N8O6S/c1-34(51-45(57)38-11-5-12-39(29-38)53-47(17-21-49-22-18-47)46-52-44(54-55-46)35-15-19-48-20-16-35)36-9-6-13-40(30-36)60-26-4-2-3-23-58-24-8-25-59-27-28-61-41-14-7-10-37(31-41)43(56)42-32-62-33-50-42/h5-7,9-16,19-20,29-34,49,53H,2-4,8,17-18,21-28H2,1H3,(H,51,57)(H,52,54,55)/t34-/m1/s1. The second kappa shape index (κ2) is 22.7. The van der Waals surface area contributed by atoms with E-state index in [1.165, 1.54) is 11.3 Å². The van der Waals surface area contributed by atoms with Gasteiger partial charge in [-0.1, -0.05) is 30.3 Å². The van der Waals surface area contributed by atoms with Gasteiger partial charge in [-0.2, -0.15) is 5.10 Å². The third-order valence-corrected chi connectivity index (χ3v) is 11.2. The average molecular weight is 859 g/mol. The zero-order valence-corrected chi connectivity index (χ0v) is 35.8. The van der Waals surface area contributed by atoms with Crippen molar-refractivity contribution in [3.05, 3.63) is 136 Å². The number of unbranched alkanes of at least 4 members (excludes halogenated alkanes) is 2. The minimum Gasteiger partial charge on any atom is -0.494 e.